The van der Waals surface area contributed by atoms with Gasteiger partial charge in [-0.25, -0.2) is 18.2 Å². The van der Waals surface area contributed by atoms with Gasteiger partial charge >= 0.3 is 28.9 Å². The Kier molecular flexibility index (Phi) is 15.8. The number of carbonyl (C=O) groups is 1. The molecule has 6 N–H and O–H groups in total. The molecule has 3 rings (SSSR count). The van der Waals surface area contributed by atoms with Crippen LogP contribution in [0.25, 0.3) is 0 Å². The molecular formula is C28H46N3O13P3. The van der Waals surface area contributed by atoms with Crippen molar-refractivity contribution in [2.75, 3.05) is 19.5 Å². The van der Waals surface area contributed by atoms with Gasteiger partial charge in [0.15, 0.2) is 0 Å². The highest BCUT2D eigenvalue weighted by Gasteiger charge is 2.41. The Morgan fingerprint density at radius 2 is 1.68 bits per heavy atom. The average Bonchev–Trinajstić information content (AvgIpc) is 3.72. The van der Waals surface area contributed by atoms with Gasteiger partial charge in [0, 0.05) is 12.6 Å². The number of amides is 1. The molecule has 266 valence electrons. The summed E-state index contributed by atoms with van der Waals surface area (Å²) in [5.41, 5.74) is -1.67. The maximum Gasteiger partial charge on any atom is 0.488 e. The van der Waals surface area contributed by atoms with E-state index >= 15 is 0 Å². The summed E-state index contributed by atoms with van der Waals surface area (Å²) < 4.78 is 47.2. The lowest BCUT2D eigenvalue weighted by Gasteiger charge is -2.17. The Morgan fingerprint density at radius 3 is 2.40 bits per heavy atom. The number of ether oxygens (including phenoxy) is 1. The lowest BCUT2D eigenvalue weighted by molar-refractivity contribution is -0.120. The van der Waals surface area contributed by atoms with Gasteiger partial charge in [0.25, 0.3) is 5.56 Å². The van der Waals surface area contributed by atoms with Crippen molar-refractivity contribution in [2.45, 2.75) is 96.4 Å². The van der Waals surface area contributed by atoms with E-state index in [4.69, 9.17) is 14.5 Å². The van der Waals surface area contributed by atoms with Gasteiger partial charge in [0.2, 0.25) is 5.91 Å². The molecule has 1 amide bonds. The van der Waals surface area contributed by atoms with Crippen molar-refractivity contribution in [2.24, 2.45) is 17.8 Å². The minimum atomic E-state index is -5.59. The zero-order valence-electron chi connectivity index (χ0n) is 26.3. The van der Waals surface area contributed by atoms with E-state index < -0.39 is 47.4 Å². The van der Waals surface area contributed by atoms with Crippen LogP contribution in [0.2, 0.25) is 0 Å². The highest BCUT2D eigenvalue weighted by atomic mass is 31.3. The summed E-state index contributed by atoms with van der Waals surface area (Å²) in [4.78, 5) is 74.5. The molecule has 19 heteroatoms. The molecule has 0 aliphatic heterocycles. The van der Waals surface area contributed by atoms with Crippen molar-refractivity contribution in [3.8, 4) is 11.8 Å². The van der Waals surface area contributed by atoms with Gasteiger partial charge in [-0.3, -0.25) is 23.7 Å². The van der Waals surface area contributed by atoms with E-state index in [-0.39, 0.29) is 24.6 Å². The molecule has 2 saturated carbocycles. The molecule has 5 unspecified atom stereocenters. The fourth-order valence-electron chi connectivity index (χ4n) is 5.95. The van der Waals surface area contributed by atoms with Crippen molar-refractivity contribution >= 4 is 29.1 Å². The first-order valence-corrected chi connectivity index (χ1v) is 20.7. The third-order valence-corrected chi connectivity index (χ3v) is 12.3. The van der Waals surface area contributed by atoms with Crippen LogP contribution in [-0.4, -0.2) is 54.5 Å². The van der Waals surface area contributed by atoms with Crippen molar-refractivity contribution in [1.29, 1.82) is 0 Å². The smallest absolute Gasteiger partial charge is 0.367 e. The Bertz CT molecular complexity index is 1510. The number of nitrogens with one attached hydrogen (secondary N) is 2. The number of H-pyrrole nitrogens is 1. The lowest BCUT2D eigenvalue weighted by Crippen LogP contribution is -2.32. The number of rotatable bonds is 16. The van der Waals surface area contributed by atoms with E-state index in [1.165, 1.54) is 64.2 Å². The van der Waals surface area contributed by atoms with Crippen LogP contribution < -0.4 is 16.6 Å². The van der Waals surface area contributed by atoms with Gasteiger partial charge in [-0.1, -0.05) is 82.5 Å². The van der Waals surface area contributed by atoms with Crippen molar-refractivity contribution in [3.05, 3.63) is 32.6 Å². The number of carbonyl (C=O) groups excluding carboxylic acids is 1. The predicted molar refractivity (Wildman–Crippen MR) is 171 cm³/mol. The zero-order chi connectivity index (χ0) is 34.5. The Labute approximate surface area is 273 Å². The first kappa shape index (κ1) is 39.6. The number of nitrogens with zero attached hydrogens (tertiary/aromatic N) is 1. The Balaban J connectivity index is 1.35. The Morgan fingerprint density at radius 1 is 0.979 bits per heavy atom. The number of aromatic nitrogens is 2. The lowest BCUT2D eigenvalue weighted by atomic mass is 9.89. The van der Waals surface area contributed by atoms with Gasteiger partial charge in [-0.05, 0) is 30.6 Å². The van der Waals surface area contributed by atoms with Crippen LogP contribution in [0.15, 0.2) is 15.8 Å². The third-order valence-electron chi connectivity index (χ3n) is 8.24. The second-order valence-corrected chi connectivity index (χ2v) is 16.8. The van der Waals surface area contributed by atoms with E-state index in [2.05, 4.69) is 30.8 Å². The highest BCUT2D eigenvalue weighted by Crippen LogP contribution is 2.65. The van der Waals surface area contributed by atoms with Crippen LogP contribution in [0.4, 0.5) is 0 Å². The number of phosphoric acid groups is 2. The van der Waals surface area contributed by atoms with Crippen molar-refractivity contribution in [1.82, 2.24) is 14.9 Å². The number of hydrogen-bond donors (Lipinski definition) is 6. The van der Waals surface area contributed by atoms with Crippen LogP contribution in [0.1, 0.15) is 95.5 Å². The number of fused-ring (bicyclic) bond motifs is 1. The van der Waals surface area contributed by atoms with Gasteiger partial charge in [-0.2, -0.15) is 4.31 Å². The van der Waals surface area contributed by atoms with E-state index in [9.17, 15) is 37.9 Å². The standard InChI is InChI=1S/C28H46N3O13P3/c32-26(15-9-5-8-12-22-11-6-3-1-2-4-7-13-23-19-25(22)23)29-16-10-14-24-20-31(28(34)30-27(24)33)17-18-42-21-45(35,36)43-47(40,41)44-46(37,38)39/h20,22-23,25H,1-9,11-13,15-19,21H2,(H,29,32)(H,35,36)(H,40,41)(H,30,33,34)(H2,37,38,39). The van der Waals surface area contributed by atoms with E-state index in [1.807, 2.05) is 0 Å². The predicted octanol–water partition coefficient (Wildman–Crippen LogP) is 3.73. The molecular weight excluding hydrogens is 679 g/mol. The molecule has 1 aromatic heterocycles. The molecule has 0 saturated heterocycles. The van der Waals surface area contributed by atoms with Gasteiger partial charge in [0.05, 0.1) is 19.7 Å². The maximum absolute atomic E-state index is 12.3. The van der Waals surface area contributed by atoms with Gasteiger partial charge in [0.1, 0.15) is 11.9 Å². The SMILES string of the molecule is O=C(CCCCCC1CCCCCCCCC2CC12)NCC#Cc1cn(CCOCP(=O)(O)OP(=O)(O)OP(=O)(O)O)c(=O)[nH]c1=O. The van der Waals surface area contributed by atoms with E-state index in [0.717, 1.165) is 47.8 Å². The maximum atomic E-state index is 12.3. The Hall–Kier alpha value is -1.88. The summed E-state index contributed by atoms with van der Waals surface area (Å²) in [7, 11) is -16.1. The molecule has 2 aliphatic carbocycles. The van der Waals surface area contributed by atoms with Crippen molar-refractivity contribution in [3.63, 3.8) is 0 Å². The summed E-state index contributed by atoms with van der Waals surface area (Å²) in [5, 5.41) is 2.71. The molecule has 1 heterocycles. The topological polar surface area (TPSA) is 244 Å². The van der Waals surface area contributed by atoms with Gasteiger partial charge in [-0.15, -0.1) is 0 Å². The largest absolute Gasteiger partial charge is 0.488 e. The first-order valence-electron chi connectivity index (χ1n) is 15.9. The summed E-state index contributed by atoms with van der Waals surface area (Å²) in [6, 6.07) is 0. The molecule has 5 atom stereocenters. The van der Waals surface area contributed by atoms with Gasteiger partial charge < -0.3 is 29.6 Å². The molecule has 1 aromatic rings. The normalized spacial score (nSPS) is 22.8. The van der Waals surface area contributed by atoms with E-state index in [0.29, 0.717) is 6.42 Å². The van der Waals surface area contributed by atoms with Crippen LogP contribution >= 0.6 is 23.2 Å². The molecule has 0 spiro atoms. The fourth-order valence-corrected chi connectivity index (χ4v) is 9.25. The average molecular weight is 726 g/mol. The van der Waals surface area contributed by atoms with Crippen LogP contribution in [0, 0.1) is 29.6 Å². The molecule has 47 heavy (non-hydrogen) atoms. The molecule has 0 radical (unpaired) electrons. The minimum Gasteiger partial charge on any atom is -0.367 e. The molecule has 0 bridgehead atoms. The van der Waals surface area contributed by atoms with E-state index in [1.54, 1.807) is 0 Å². The quantitative estimate of drug-likeness (QED) is 0.0809. The van der Waals surface area contributed by atoms with Crippen molar-refractivity contribution < 1.29 is 51.4 Å². The molecule has 2 aliphatic rings. The summed E-state index contributed by atoms with van der Waals surface area (Å²) in [6.07, 6.45) is 16.9. The second kappa shape index (κ2) is 18.8. The van der Waals surface area contributed by atoms with Crippen LogP contribution in [0.3, 0.4) is 0 Å². The number of aromatic amines is 1. The van der Waals surface area contributed by atoms with Crippen LogP contribution in [-0.2, 0) is 38.4 Å². The fraction of sp³-hybridized carbons (Fsp3) is 0.750. The number of unbranched alkanes of at least 4 members (excludes halogenated alkanes) is 2. The monoisotopic (exact) mass is 725 g/mol. The third kappa shape index (κ3) is 15.9. The molecule has 2 fully saturated rings. The summed E-state index contributed by atoms with van der Waals surface area (Å²) >= 11 is 0. The molecule has 0 aromatic carbocycles. The summed E-state index contributed by atoms with van der Waals surface area (Å²) in [6.45, 7) is -0.670. The second-order valence-electron chi connectivity index (χ2n) is 12.1. The van der Waals surface area contributed by atoms with Crippen LogP contribution in [0.5, 0.6) is 0 Å². The number of hydrogen-bond acceptors (Lipinski definition) is 9. The summed E-state index contributed by atoms with van der Waals surface area (Å²) in [5.74, 6) is 7.82. The molecule has 16 nitrogen and oxygen atoms in total. The highest BCUT2D eigenvalue weighted by molar-refractivity contribution is 7.68. The first-order chi connectivity index (χ1) is 22.1. The zero-order valence-corrected chi connectivity index (χ0v) is 29.0. The minimum absolute atomic E-state index is 0.00210.